The summed E-state index contributed by atoms with van der Waals surface area (Å²) in [6.45, 7) is 2.69. The first-order valence-corrected chi connectivity index (χ1v) is 5.86. The van der Waals surface area contributed by atoms with Crippen LogP contribution in [0.2, 0.25) is 0 Å². The predicted octanol–water partition coefficient (Wildman–Crippen LogP) is 1.50. The molecule has 0 fully saturated rings. The molecule has 0 aromatic carbocycles. The van der Waals surface area contributed by atoms with Crippen molar-refractivity contribution in [1.29, 1.82) is 0 Å². The molecule has 0 saturated heterocycles. The summed E-state index contributed by atoms with van der Waals surface area (Å²) in [7, 11) is 0. The number of nitrogens with zero attached hydrogens (tertiary/aromatic N) is 4. The highest BCUT2D eigenvalue weighted by molar-refractivity contribution is 5.78. The van der Waals surface area contributed by atoms with E-state index in [-0.39, 0.29) is 6.61 Å². The van der Waals surface area contributed by atoms with E-state index in [0.29, 0.717) is 6.54 Å². The molecule has 0 amide bonds. The maximum atomic E-state index is 9.06. The molecular formula is C13H14N4O. The quantitative estimate of drug-likeness (QED) is 0.757. The number of pyridine rings is 1. The van der Waals surface area contributed by atoms with Gasteiger partial charge in [-0.1, -0.05) is 6.07 Å². The molecule has 0 bridgehead atoms. The van der Waals surface area contributed by atoms with Gasteiger partial charge < -0.3 is 9.67 Å². The molecule has 1 N–H and O–H groups in total. The lowest BCUT2D eigenvalue weighted by Crippen LogP contribution is -2.03. The van der Waals surface area contributed by atoms with Gasteiger partial charge in [0, 0.05) is 25.1 Å². The number of hydrogen-bond donors (Lipinski definition) is 1. The van der Waals surface area contributed by atoms with Gasteiger partial charge in [-0.2, -0.15) is 5.10 Å². The lowest BCUT2D eigenvalue weighted by atomic mass is 10.2. The highest BCUT2D eigenvalue weighted by Crippen LogP contribution is 2.25. The molecule has 92 valence electrons. The standard InChI is InChI=1S/C13H14N4O/c1-10-3-2-5-17-12(10)11(9-15-17)13-14-4-6-16(13)7-8-18/h2-6,9,18H,7-8H2,1H3. The van der Waals surface area contributed by atoms with Crippen molar-refractivity contribution in [3.63, 3.8) is 0 Å². The monoisotopic (exact) mass is 242 g/mol. The first-order valence-electron chi connectivity index (χ1n) is 5.86. The zero-order valence-electron chi connectivity index (χ0n) is 10.1. The molecule has 3 rings (SSSR count). The molecule has 5 nitrogen and oxygen atoms in total. The fourth-order valence-electron chi connectivity index (χ4n) is 2.22. The Labute approximate surface area is 104 Å². The van der Waals surface area contributed by atoms with Gasteiger partial charge in [0.2, 0.25) is 0 Å². The number of fused-ring (bicyclic) bond motifs is 1. The zero-order valence-corrected chi connectivity index (χ0v) is 10.1. The number of aryl methyl sites for hydroxylation is 1. The third-order valence-electron chi connectivity index (χ3n) is 3.04. The Morgan fingerprint density at radius 3 is 3.06 bits per heavy atom. The first-order chi connectivity index (χ1) is 8.81. The van der Waals surface area contributed by atoms with Crippen LogP contribution in [0.25, 0.3) is 16.9 Å². The third-order valence-corrected chi connectivity index (χ3v) is 3.04. The molecule has 0 atom stereocenters. The van der Waals surface area contributed by atoms with Gasteiger partial charge in [-0.3, -0.25) is 0 Å². The third kappa shape index (κ3) is 1.60. The van der Waals surface area contributed by atoms with Gasteiger partial charge >= 0.3 is 0 Å². The van der Waals surface area contributed by atoms with Crippen LogP contribution in [0.4, 0.5) is 0 Å². The van der Waals surface area contributed by atoms with Gasteiger partial charge in [-0.05, 0) is 18.6 Å². The Hall–Kier alpha value is -2.14. The summed E-state index contributed by atoms with van der Waals surface area (Å²) >= 11 is 0. The molecule has 0 aliphatic carbocycles. The normalized spacial score (nSPS) is 11.2. The second-order valence-electron chi connectivity index (χ2n) is 4.21. The van der Waals surface area contributed by atoms with Crippen molar-refractivity contribution in [2.75, 3.05) is 6.61 Å². The molecule has 5 heteroatoms. The van der Waals surface area contributed by atoms with Crippen molar-refractivity contribution >= 4 is 5.52 Å². The molecule has 18 heavy (non-hydrogen) atoms. The van der Waals surface area contributed by atoms with E-state index in [1.54, 1.807) is 6.20 Å². The topological polar surface area (TPSA) is 55.4 Å². The summed E-state index contributed by atoms with van der Waals surface area (Å²) in [5.74, 6) is 0.841. The maximum absolute atomic E-state index is 9.06. The Bertz CT molecular complexity index is 683. The van der Waals surface area contributed by atoms with Crippen LogP contribution in [-0.2, 0) is 6.54 Å². The summed E-state index contributed by atoms with van der Waals surface area (Å²) < 4.78 is 3.78. The number of imidazole rings is 1. The minimum atomic E-state index is 0.0988. The van der Waals surface area contributed by atoms with E-state index in [0.717, 1.165) is 22.5 Å². The van der Waals surface area contributed by atoms with Gasteiger partial charge in [0.05, 0.1) is 23.9 Å². The van der Waals surface area contributed by atoms with E-state index in [4.69, 9.17) is 5.11 Å². The molecule has 0 spiro atoms. The van der Waals surface area contributed by atoms with Crippen molar-refractivity contribution in [3.05, 3.63) is 42.5 Å². The molecule has 0 radical (unpaired) electrons. The molecule has 0 saturated carbocycles. The van der Waals surface area contributed by atoms with E-state index in [1.807, 2.05) is 33.7 Å². The SMILES string of the molecule is Cc1cccn2ncc(-c3nccn3CCO)c12. The summed E-state index contributed by atoms with van der Waals surface area (Å²) in [5.41, 5.74) is 3.21. The first kappa shape index (κ1) is 11.0. The van der Waals surface area contributed by atoms with Gasteiger partial charge in [-0.25, -0.2) is 9.50 Å². The van der Waals surface area contributed by atoms with E-state index >= 15 is 0 Å². The minimum Gasteiger partial charge on any atom is -0.395 e. The van der Waals surface area contributed by atoms with Gasteiger partial charge in [0.1, 0.15) is 5.82 Å². The fraction of sp³-hybridized carbons (Fsp3) is 0.231. The van der Waals surface area contributed by atoms with Crippen LogP contribution in [-0.4, -0.2) is 30.9 Å². The number of aromatic nitrogens is 4. The van der Waals surface area contributed by atoms with Crippen molar-refractivity contribution in [3.8, 4) is 11.4 Å². The number of rotatable bonds is 3. The van der Waals surface area contributed by atoms with Crippen LogP contribution in [0, 0.1) is 6.92 Å². The Kier molecular flexibility index (Phi) is 2.60. The summed E-state index contributed by atoms with van der Waals surface area (Å²) in [6.07, 6.45) is 7.35. The minimum absolute atomic E-state index is 0.0988. The average Bonchev–Trinajstić information content (AvgIpc) is 2.96. The molecule has 3 aromatic rings. The lowest BCUT2D eigenvalue weighted by molar-refractivity contribution is 0.277. The molecular weight excluding hydrogens is 228 g/mol. The van der Waals surface area contributed by atoms with Crippen LogP contribution in [0.5, 0.6) is 0 Å². The highest BCUT2D eigenvalue weighted by Gasteiger charge is 2.13. The van der Waals surface area contributed by atoms with E-state index in [2.05, 4.69) is 23.1 Å². The second-order valence-corrected chi connectivity index (χ2v) is 4.21. The zero-order chi connectivity index (χ0) is 12.5. The Morgan fingerprint density at radius 1 is 1.33 bits per heavy atom. The van der Waals surface area contributed by atoms with Crippen LogP contribution >= 0.6 is 0 Å². The van der Waals surface area contributed by atoms with Crippen molar-refractivity contribution in [2.24, 2.45) is 0 Å². The summed E-state index contributed by atoms with van der Waals surface area (Å²) in [6, 6.07) is 4.03. The van der Waals surface area contributed by atoms with Gasteiger partial charge in [0.15, 0.2) is 0 Å². The average molecular weight is 242 g/mol. The number of aliphatic hydroxyl groups is 1. The van der Waals surface area contributed by atoms with E-state index in [1.165, 1.54) is 0 Å². The molecule has 3 heterocycles. The van der Waals surface area contributed by atoms with Crippen LogP contribution < -0.4 is 0 Å². The highest BCUT2D eigenvalue weighted by atomic mass is 16.3. The smallest absolute Gasteiger partial charge is 0.143 e. The summed E-state index contributed by atoms with van der Waals surface area (Å²) in [5, 5.41) is 13.4. The van der Waals surface area contributed by atoms with Gasteiger partial charge in [0.25, 0.3) is 0 Å². The summed E-state index contributed by atoms with van der Waals surface area (Å²) in [4.78, 5) is 4.37. The van der Waals surface area contributed by atoms with Crippen molar-refractivity contribution in [1.82, 2.24) is 19.2 Å². The maximum Gasteiger partial charge on any atom is 0.143 e. The van der Waals surface area contributed by atoms with Crippen molar-refractivity contribution in [2.45, 2.75) is 13.5 Å². The lowest BCUT2D eigenvalue weighted by Gasteiger charge is -2.05. The Balaban J connectivity index is 2.22. The van der Waals surface area contributed by atoms with E-state index < -0.39 is 0 Å². The van der Waals surface area contributed by atoms with E-state index in [9.17, 15) is 0 Å². The molecule has 3 aromatic heterocycles. The number of aliphatic hydroxyl groups excluding tert-OH is 1. The largest absolute Gasteiger partial charge is 0.395 e. The van der Waals surface area contributed by atoms with Crippen LogP contribution in [0.15, 0.2) is 36.9 Å². The predicted molar refractivity (Wildman–Crippen MR) is 68.2 cm³/mol. The molecule has 0 unspecified atom stereocenters. The van der Waals surface area contributed by atoms with Crippen molar-refractivity contribution < 1.29 is 5.11 Å². The number of hydrogen-bond acceptors (Lipinski definition) is 3. The second kappa shape index (κ2) is 4.27. The van der Waals surface area contributed by atoms with Crippen LogP contribution in [0.3, 0.4) is 0 Å². The van der Waals surface area contributed by atoms with Gasteiger partial charge in [-0.15, -0.1) is 0 Å². The molecule has 0 aliphatic heterocycles. The fourth-order valence-corrected chi connectivity index (χ4v) is 2.22. The Morgan fingerprint density at radius 2 is 2.22 bits per heavy atom. The van der Waals surface area contributed by atoms with Crippen LogP contribution in [0.1, 0.15) is 5.56 Å². The molecule has 0 aliphatic rings.